The van der Waals surface area contributed by atoms with E-state index < -0.39 is 17.8 Å². The van der Waals surface area contributed by atoms with E-state index in [4.69, 9.17) is 0 Å². The van der Waals surface area contributed by atoms with Crippen molar-refractivity contribution in [1.29, 1.82) is 0 Å². The van der Waals surface area contributed by atoms with Crippen LogP contribution < -0.4 is 16.0 Å². The average Bonchev–Trinajstić information content (AvgIpc) is 3.42. The third-order valence-electron chi connectivity index (χ3n) is 12.8. The Bertz CT molecular complexity index is 2870. The number of carbonyl (C=O) groups excluding carboxylic acids is 3. The molecule has 1 saturated carbocycles. The minimum absolute atomic E-state index is 0.244. The molecule has 336 valence electrons. The van der Waals surface area contributed by atoms with Gasteiger partial charge in [0.05, 0.1) is 17.1 Å². The maximum atomic E-state index is 14.2. The second-order valence-electron chi connectivity index (χ2n) is 17.4. The van der Waals surface area contributed by atoms with Gasteiger partial charge in [0.15, 0.2) is 0 Å². The molecule has 3 N–H and O–H groups in total. The summed E-state index contributed by atoms with van der Waals surface area (Å²) in [6.45, 7) is 0. The van der Waals surface area contributed by atoms with E-state index >= 15 is 0 Å². The SMILES string of the molecule is O=C(Nc1ccc(-c2cc(-c3ccccc3)ccn2)cc1)C1CC(C(=O)Nc2ccc(-c3cc(-c4ccccc4)ccn3)cc2)CC(C(=O)Nc2ccc(-c3cc(-c4ccccc4)ccn3)cc2)C1. The van der Waals surface area contributed by atoms with Gasteiger partial charge in [0, 0.05) is 70.1 Å². The van der Waals surface area contributed by atoms with Crippen molar-refractivity contribution in [2.45, 2.75) is 19.3 Å². The van der Waals surface area contributed by atoms with Crippen molar-refractivity contribution in [3.63, 3.8) is 0 Å². The smallest absolute Gasteiger partial charge is 0.227 e. The summed E-state index contributed by atoms with van der Waals surface area (Å²) in [7, 11) is 0. The molecule has 0 unspecified atom stereocenters. The van der Waals surface area contributed by atoms with Crippen molar-refractivity contribution in [2.24, 2.45) is 17.8 Å². The Morgan fingerprint density at radius 3 is 0.826 bits per heavy atom. The molecule has 0 saturated heterocycles. The van der Waals surface area contributed by atoms with E-state index in [-0.39, 0.29) is 37.0 Å². The number of carbonyl (C=O) groups is 3. The fourth-order valence-corrected chi connectivity index (χ4v) is 9.06. The predicted octanol–water partition coefficient (Wildman–Crippen LogP) is 13.1. The van der Waals surface area contributed by atoms with Gasteiger partial charge in [-0.3, -0.25) is 29.3 Å². The van der Waals surface area contributed by atoms with Crippen LogP contribution >= 0.6 is 0 Å². The number of rotatable bonds is 12. The monoisotopic (exact) mass is 900 g/mol. The molecule has 9 aromatic rings. The summed E-state index contributed by atoms with van der Waals surface area (Å²) < 4.78 is 0. The van der Waals surface area contributed by atoms with Crippen LogP contribution in [-0.2, 0) is 14.4 Å². The molecule has 1 fully saturated rings. The van der Waals surface area contributed by atoms with Gasteiger partial charge in [-0.05, 0) is 125 Å². The van der Waals surface area contributed by atoms with Gasteiger partial charge >= 0.3 is 0 Å². The average molecular weight is 901 g/mol. The second kappa shape index (κ2) is 20.4. The maximum Gasteiger partial charge on any atom is 0.227 e. The fourth-order valence-electron chi connectivity index (χ4n) is 9.06. The lowest BCUT2D eigenvalue weighted by Crippen LogP contribution is -2.40. The molecule has 3 amide bonds. The summed E-state index contributed by atoms with van der Waals surface area (Å²) >= 11 is 0. The van der Waals surface area contributed by atoms with Crippen LogP contribution in [0.5, 0.6) is 0 Å². The summed E-state index contributed by atoms with van der Waals surface area (Å²) in [6, 6.07) is 65.3. The van der Waals surface area contributed by atoms with Crippen molar-refractivity contribution in [1.82, 2.24) is 15.0 Å². The minimum atomic E-state index is -0.607. The van der Waals surface area contributed by atoms with Crippen LogP contribution in [-0.4, -0.2) is 32.7 Å². The molecule has 3 heterocycles. The molecular formula is C60H48N6O3. The highest BCUT2D eigenvalue weighted by Crippen LogP contribution is 2.37. The Balaban J connectivity index is 0.843. The van der Waals surface area contributed by atoms with Crippen LogP contribution in [0.2, 0.25) is 0 Å². The first-order chi connectivity index (χ1) is 33.9. The molecule has 1 aliphatic rings. The van der Waals surface area contributed by atoms with E-state index in [1.165, 1.54) is 0 Å². The number of nitrogens with one attached hydrogen (secondary N) is 3. The van der Waals surface area contributed by atoms with Crippen molar-refractivity contribution >= 4 is 34.8 Å². The molecule has 69 heavy (non-hydrogen) atoms. The topological polar surface area (TPSA) is 126 Å². The summed E-state index contributed by atoms with van der Waals surface area (Å²) in [4.78, 5) is 56.3. The van der Waals surface area contributed by atoms with E-state index in [9.17, 15) is 14.4 Å². The van der Waals surface area contributed by atoms with Gasteiger partial charge < -0.3 is 16.0 Å². The first kappa shape index (κ1) is 44.0. The first-order valence-electron chi connectivity index (χ1n) is 23.2. The standard InChI is InChI=1S/C60H48N6O3/c67-58(64-52-22-16-43(17-23-52)55-37-46(28-31-61-55)40-10-4-1-5-11-40)49-34-50(59(68)65-53-24-18-44(19-25-53)56-38-47(29-32-62-56)41-12-6-2-7-13-41)36-51(35-49)60(69)66-54-26-20-45(21-27-54)57-39-48(30-33-63-57)42-14-8-3-9-15-42/h1-33,37-39,49-51H,34-36H2,(H,64,67)(H,65,68)(H,66,69). The quantitative estimate of drug-likeness (QED) is 0.112. The largest absolute Gasteiger partial charge is 0.326 e. The van der Waals surface area contributed by atoms with Gasteiger partial charge in [0.1, 0.15) is 0 Å². The van der Waals surface area contributed by atoms with Crippen LogP contribution in [0, 0.1) is 17.8 Å². The lowest BCUT2D eigenvalue weighted by Gasteiger charge is -2.33. The molecular weight excluding hydrogens is 853 g/mol. The molecule has 10 rings (SSSR count). The number of amides is 3. The van der Waals surface area contributed by atoms with Gasteiger partial charge in [-0.2, -0.15) is 0 Å². The zero-order chi connectivity index (χ0) is 46.9. The van der Waals surface area contributed by atoms with Crippen LogP contribution in [0.1, 0.15) is 19.3 Å². The van der Waals surface area contributed by atoms with Gasteiger partial charge in [-0.1, -0.05) is 127 Å². The highest BCUT2D eigenvalue weighted by molar-refractivity contribution is 5.98. The highest BCUT2D eigenvalue weighted by atomic mass is 16.2. The number of pyridine rings is 3. The van der Waals surface area contributed by atoms with E-state index in [0.29, 0.717) is 17.1 Å². The lowest BCUT2D eigenvalue weighted by molar-refractivity contribution is -0.129. The third-order valence-corrected chi connectivity index (χ3v) is 12.8. The Hall–Kier alpha value is -8.82. The second-order valence-corrected chi connectivity index (χ2v) is 17.4. The molecule has 0 spiro atoms. The van der Waals surface area contributed by atoms with Crippen molar-refractivity contribution in [2.75, 3.05) is 16.0 Å². The van der Waals surface area contributed by atoms with E-state index in [2.05, 4.69) is 67.3 Å². The number of aromatic nitrogens is 3. The van der Waals surface area contributed by atoms with Crippen molar-refractivity contribution in [3.05, 3.63) is 219 Å². The zero-order valence-corrected chi connectivity index (χ0v) is 37.7. The van der Waals surface area contributed by atoms with Crippen LogP contribution in [0.4, 0.5) is 17.1 Å². The molecule has 0 radical (unpaired) electrons. The molecule has 9 nitrogen and oxygen atoms in total. The van der Waals surface area contributed by atoms with Crippen LogP contribution in [0.15, 0.2) is 219 Å². The van der Waals surface area contributed by atoms with Gasteiger partial charge in [0.2, 0.25) is 17.7 Å². The molecule has 1 aliphatic carbocycles. The van der Waals surface area contributed by atoms with Gasteiger partial charge in [-0.25, -0.2) is 0 Å². The Labute approximate surface area is 401 Å². The number of benzene rings is 6. The Kier molecular flexibility index (Phi) is 13.0. The number of hydrogen-bond acceptors (Lipinski definition) is 6. The van der Waals surface area contributed by atoms with E-state index in [1.54, 1.807) is 18.6 Å². The number of nitrogens with zero attached hydrogens (tertiary/aromatic N) is 3. The van der Waals surface area contributed by atoms with Crippen molar-refractivity contribution < 1.29 is 14.4 Å². The fraction of sp³-hybridized carbons (Fsp3) is 0.100. The lowest BCUT2D eigenvalue weighted by atomic mass is 9.74. The summed E-state index contributed by atoms with van der Waals surface area (Å²) in [6.07, 6.45) is 6.25. The summed E-state index contributed by atoms with van der Waals surface area (Å²) in [5, 5.41) is 9.25. The molecule has 3 aromatic heterocycles. The normalized spacial score (nSPS) is 15.4. The van der Waals surface area contributed by atoms with Crippen LogP contribution in [0.3, 0.4) is 0 Å². The van der Waals surface area contributed by atoms with E-state index in [1.807, 2.05) is 164 Å². The molecule has 0 atom stereocenters. The molecule has 0 bridgehead atoms. The highest BCUT2D eigenvalue weighted by Gasteiger charge is 2.39. The number of anilines is 3. The zero-order valence-electron chi connectivity index (χ0n) is 37.7. The van der Waals surface area contributed by atoms with Gasteiger partial charge in [0.25, 0.3) is 0 Å². The summed E-state index contributed by atoms with van der Waals surface area (Å²) in [5.41, 5.74) is 13.5. The molecule has 0 aliphatic heterocycles. The Morgan fingerprint density at radius 1 is 0.304 bits per heavy atom. The van der Waals surface area contributed by atoms with Crippen molar-refractivity contribution in [3.8, 4) is 67.2 Å². The van der Waals surface area contributed by atoms with E-state index in [0.717, 1.165) is 67.2 Å². The molecule has 9 heteroatoms. The maximum absolute atomic E-state index is 14.2. The Morgan fingerprint density at radius 2 is 0.565 bits per heavy atom. The molecule has 6 aromatic carbocycles. The third kappa shape index (κ3) is 10.6. The summed E-state index contributed by atoms with van der Waals surface area (Å²) in [5.74, 6) is -2.55. The van der Waals surface area contributed by atoms with Crippen LogP contribution in [0.25, 0.3) is 67.2 Å². The minimum Gasteiger partial charge on any atom is -0.326 e. The predicted molar refractivity (Wildman–Crippen MR) is 276 cm³/mol. The van der Waals surface area contributed by atoms with Gasteiger partial charge in [-0.15, -0.1) is 0 Å². The first-order valence-corrected chi connectivity index (χ1v) is 23.2. The number of hydrogen-bond donors (Lipinski definition) is 3.